The Morgan fingerprint density at radius 2 is 1.35 bits per heavy atom. The molecule has 0 fully saturated rings. The lowest BCUT2D eigenvalue weighted by Gasteiger charge is -2.17. The second-order valence-corrected chi connectivity index (χ2v) is 5.43. The first-order valence-corrected chi connectivity index (χ1v) is 6.82. The van der Waals surface area contributed by atoms with E-state index in [1.54, 1.807) is 6.08 Å². The summed E-state index contributed by atoms with van der Waals surface area (Å²) >= 11 is 0. The minimum atomic E-state index is -0.728. The van der Waals surface area contributed by atoms with Crippen molar-refractivity contribution < 1.29 is 4.52 Å². The fraction of sp³-hybridized carbons (Fsp3) is 0.0667. The van der Waals surface area contributed by atoms with Gasteiger partial charge >= 0.3 is 0 Å². The maximum atomic E-state index is 5.91. The van der Waals surface area contributed by atoms with Gasteiger partial charge in [-0.3, -0.25) is 0 Å². The van der Waals surface area contributed by atoms with E-state index < -0.39 is 8.15 Å². The van der Waals surface area contributed by atoms with E-state index in [4.69, 9.17) is 4.52 Å². The monoisotopic (exact) mass is 242 g/mol. The topological polar surface area (TPSA) is 9.23 Å². The Morgan fingerprint density at radius 1 is 0.882 bits per heavy atom. The molecule has 0 aromatic heterocycles. The Balaban J connectivity index is 2.29. The number of hydrogen-bond acceptors (Lipinski definition) is 1. The number of hydrogen-bond donors (Lipinski definition) is 0. The molecule has 0 aliphatic rings. The van der Waals surface area contributed by atoms with Crippen molar-refractivity contribution in [3.8, 4) is 0 Å². The molecule has 0 spiro atoms. The van der Waals surface area contributed by atoms with Crippen LogP contribution in [0.5, 0.6) is 0 Å². The van der Waals surface area contributed by atoms with E-state index in [2.05, 4.69) is 30.8 Å². The molecule has 1 nitrogen and oxygen atoms in total. The van der Waals surface area contributed by atoms with Crippen molar-refractivity contribution in [2.24, 2.45) is 0 Å². The minimum absolute atomic E-state index is 0.579. The predicted octanol–water partition coefficient (Wildman–Crippen LogP) is 3.24. The summed E-state index contributed by atoms with van der Waals surface area (Å²) in [6.07, 6.45) is 1.79. The van der Waals surface area contributed by atoms with Gasteiger partial charge in [0.1, 0.15) is 0 Å². The molecular weight excluding hydrogens is 227 g/mol. The first-order chi connectivity index (χ1) is 8.42. The van der Waals surface area contributed by atoms with Crippen molar-refractivity contribution in [3.05, 3.63) is 73.3 Å². The molecule has 86 valence electrons. The van der Waals surface area contributed by atoms with Crippen molar-refractivity contribution in [2.75, 3.05) is 6.61 Å². The molecule has 17 heavy (non-hydrogen) atoms. The van der Waals surface area contributed by atoms with Crippen LogP contribution in [0, 0.1) is 0 Å². The highest BCUT2D eigenvalue weighted by Crippen LogP contribution is 2.34. The summed E-state index contributed by atoms with van der Waals surface area (Å²) in [6.45, 7) is 4.28. The van der Waals surface area contributed by atoms with Gasteiger partial charge in [0.15, 0.2) is 0 Å². The average Bonchev–Trinajstić information content (AvgIpc) is 2.42. The smallest absolute Gasteiger partial charge is 0.0922 e. The van der Waals surface area contributed by atoms with Crippen molar-refractivity contribution in [3.63, 3.8) is 0 Å². The van der Waals surface area contributed by atoms with Crippen LogP contribution in [-0.4, -0.2) is 6.61 Å². The lowest BCUT2D eigenvalue weighted by Crippen LogP contribution is -2.13. The average molecular weight is 242 g/mol. The van der Waals surface area contributed by atoms with E-state index in [1.165, 1.54) is 10.6 Å². The largest absolute Gasteiger partial charge is 0.346 e. The van der Waals surface area contributed by atoms with E-state index in [1.807, 2.05) is 36.4 Å². The molecule has 0 heterocycles. The molecule has 0 saturated carbocycles. The number of rotatable bonds is 5. The lowest BCUT2D eigenvalue weighted by atomic mass is 10.4. The van der Waals surface area contributed by atoms with E-state index in [0.29, 0.717) is 6.61 Å². The maximum absolute atomic E-state index is 5.91. The van der Waals surface area contributed by atoms with Gasteiger partial charge in [-0.25, -0.2) is 0 Å². The highest BCUT2D eigenvalue weighted by molar-refractivity contribution is 7.68. The Labute approximate surface area is 104 Å². The van der Waals surface area contributed by atoms with Gasteiger partial charge < -0.3 is 4.52 Å². The summed E-state index contributed by atoms with van der Waals surface area (Å²) in [6, 6.07) is 20.7. The van der Waals surface area contributed by atoms with Gasteiger partial charge in [0.05, 0.1) is 14.8 Å². The Morgan fingerprint density at radius 3 is 1.76 bits per heavy atom. The summed E-state index contributed by atoms with van der Waals surface area (Å²) < 4.78 is 5.91. The summed E-state index contributed by atoms with van der Waals surface area (Å²) in [5.74, 6) is 0. The molecule has 0 atom stereocenters. The van der Waals surface area contributed by atoms with E-state index in [-0.39, 0.29) is 0 Å². The van der Waals surface area contributed by atoms with Crippen LogP contribution in [0.25, 0.3) is 0 Å². The standard InChI is InChI=1S/C15H15OP/c1-2-13-16-17(14-9-5-3-6-10-14)15-11-7-4-8-12-15/h2-12H,1,13H2. The molecule has 0 amide bonds. The van der Waals surface area contributed by atoms with Crippen LogP contribution in [0.3, 0.4) is 0 Å². The van der Waals surface area contributed by atoms with E-state index in [0.717, 1.165) is 0 Å². The Bertz CT molecular complexity index is 413. The van der Waals surface area contributed by atoms with Crippen molar-refractivity contribution in [2.45, 2.75) is 0 Å². The first kappa shape index (κ1) is 12.0. The summed E-state index contributed by atoms with van der Waals surface area (Å²) in [7, 11) is -0.728. The normalized spacial score (nSPS) is 10.4. The lowest BCUT2D eigenvalue weighted by molar-refractivity contribution is 0.415. The third-order valence-electron chi connectivity index (χ3n) is 2.30. The zero-order valence-corrected chi connectivity index (χ0v) is 10.5. The molecule has 0 radical (unpaired) electrons. The minimum Gasteiger partial charge on any atom is -0.346 e. The van der Waals surface area contributed by atoms with Gasteiger partial charge in [-0.05, 0) is 0 Å². The molecule has 2 heteroatoms. The predicted molar refractivity (Wildman–Crippen MR) is 75.2 cm³/mol. The molecule has 2 aromatic carbocycles. The molecule has 0 N–H and O–H groups in total. The molecule has 2 aromatic rings. The zero-order valence-electron chi connectivity index (χ0n) is 9.62. The molecule has 2 rings (SSSR count). The maximum Gasteiger partial charge on any atom is 0.0922 e. The van der Waals surface area contributed by atoms with E-state index >= 15 is 0 Å². The van der Waals surface area contributed by atoms with Crippen molar-refractivity contribution in [1.82, 2.24) is 0 Å². The summed E-state index contributed by atoms with van der Waals surface area (Å²) in [4.78, 5) is 0. The SMILES string of the molecule is C=CCOP(c1ccccc1)c1ccccc1. The second-order valence-electron chi connectivity index (χ2n) is 3.55. The van der Waals surface area contributed by atoms with Crippen LogP contribution in [0.2, 0.25) is 0 Å². The van der Waals surface area contributed by atoms with Crippen LogP contribution in [0.4, 0.5) is 0 Å². The van der Waals surface area contributed by atoms with Crippen LogP contribution < -0.4 is 10.6 Å². The van der Waals surface area contributed by atoms with Gasteiger partial charge in [0.25, 0.3) is 0 Å². The van der Waals surface area contributed by atoms with Gasteiger partial charge in [-0.15, -0.1) is 6.58 Å². The zero-order chi connectivity index (χ0) is 11.9. The third kappa shape index (κ3) is 3.26. The molecule has 0 saturated heterocycles. The quantitative estimate of drug-likeness (QED) is 0.577. The van der Waals surface area contributed by atoms with Crippen LogP contribution in [0.1, 0.15) is 0 Å². The molecule has 0 unspecified atom stereocenters. The second kappa shape index (κ2) is 6.34. The Hall–Kier alpha value is -1.43. The highest BCUT2D eigenvalue weighted by atomic mass is 31.1. The van der Waals surface area contributed by atoms with Crippen molar-refractivity contribution in [1.29, 1.82) is 0 Å². The van der Waals surface area contributed by atoms with Crippen LogP contribution in [-0.2, 0) is 4.52 Å². The van der Waals surface area contributed by atoms with Crippen molar-refractivity contribution >= 4 is 18.8 Å². The van der Waals surface area contributed by atoms with Gasteiger partial charge in [0.2, 0.25) is 0 Å². The third-order valence-corrected chi connectivity index (χ3v) is 4.24. The molecular formula is C15H15OP. The summed E-state index contributed by atoms with van der Waals surface area (Å²) in [5, 5.41) is 2.46. The fourth-order valence-electron chi connectivity index (χ4n) is 1.55. The van der Waals surface area contributed by atoms with Gasteiger partial charge in [-0.2, -0.15) is 0 Å². The van der Waals surface area contributed by atoms with Gasteiger partial charge in [0, 0.05) is 10.6 Å². The van der Waals surface area contributed by atoms with Crippen LogP contribution in [0.15, 0.2) is 73.3 Å². The first-order valence-electron chi connectivity index (χ1n) is 5.56. The molecule has 0 bridgehead atoms. The van der Waals surface area contributed by atoms with E-state index in [9.17, 15) is 0 Å². The molecule has 0 aliphatic carbocycles. The van der Waals surface area contributed by atoms with Gasteiger partial charge in [-0.1, -0.05) is 66.7 Å². The number of benzene rings is 2. The van der Waals surface area contributed by atoms with Crippen LogP contribution >= 0.6 is 8.15 Å². The molecule has 0 aliphatic heterocycles. The highest BCUT2D eigenvalue weighted by Gasteiger charge is 2.13. The Kier molecular flexibility index (Phi) is 4.49. The fourth-order valence-corrected chi connectivity index (χ4v) is 3.29. The summed E-state index contributed by atoms with van der Waals surface area (Å²) in [5.41, 5.74) is 0.